The molecular weight excluding hydrogens is 515 g/mol. The number of rotatable bonds is 10. The molecule has 1 heterocycles. The Hall–Kier alpha value is -0.910. The van der Waals surface area contributed by atoms with Crippen LogP contribution in [0.5, 0.6) is 0 Å². The number of aliphatic imine (C=N–C) groups is 1. The van der Waals surface area contributed by atoms with Crippen molar-refractivity contribution in [1.29, 1.82) is 0 Å². The standard InChI is InChI=1S/C21H36N4O3S.HI/c1-4-22-21(23-12-8-11-20-9-6-5-7-10-20)24-13-15-25(16-14-24)29(26,27)18-17-28-19(2)3;/h5-7,9-10,19H,4,8,11-18H2,1-3H3,(H,22,23);1H. The maximum absolute atomic E-state index is 12.5. The van der Waals surface area contributed by atoms with Gasteiger partial charge in [-0.05, 0) is 39.2 Å². The molecule has 1 N–H and O–H groups in total. The normalized spacial score (nSPS) is 15.9. The van der Waals surface area contributed by atoms with Gasteiger partial charge in [0.25, 0.3) is 0 Å². The maximum atomic E-state index is 12.5. The minimum atomic E-state index is -3.27. The van der Waals surface area contributed by atoms with Gasteiger partial charge in [-0.1, -0.05) is 30.3 Å². The lowest BCUT2D eigenvalue weighted by Crippen LogP contribution is -2.54. The largest absolute Gasteiger partial charge is 0.378 e. The Morgan fingerprint density at radius 2 is 1.83 bits per heavy atom. The Labute approximate surface area is 199 Å². The number of benzene rings is 1. The summed E-state index contributed by atoms with van der Waals surface area (Å²) in [6, 6.07) is 10.4. The number of hydrogen-bond donors (Lipinski definition) is 1. The predicted octanol–water partition coefficient (Wildman–Crippen LogP) is 2.58. The monoisotopic (exact) mass is 552 g/mol. The van der Waals surface area contributed by atoms with Crippen LogP contribution in [0.4, 0.5) is 0 Å². The first-order valence-electron chi connectivity index (χ1n) is 10.6. The van der Waals surface area contributed by atoms with E-state index in [0.29, 0.717) is 26.2 Å². The zero-order valence-electron chi connectivity index (χ0n) is 18.4. The quantitative estimate of drug-likeness (QED) is 0.209. The number of guanidine groups is 1. The van der Waals surface area contributed by atoms with Crippen LogP contribution in [0.3, 0.4) is 0 Å². The van der Waals surface area contributed by atoms with Crippen molar-refractivity contribution in [2.24, 2.45) is 4.99 Å². The summed E-state index contributed by atoms with van der Waals surface area (Å²) in [5, 5.41) is 3.34. The van der Waals surface area contributed by atoms with Gasteiger partial charge in [0.05, 0.1) is 18.5 Å². The summed E-state index contributed by atoms with van der Waals surface area (Å²) in [5.41, 5.74) is 1.33. The lowest BCUT2D eigenvalue weighted by atomic mass is 10.1. The molecule has 0 spiro atoms. The molecule has 0 amide bonds. The number of piperazine rings is 1. The van der Waals surface area contributed by atoms with Crippen LogP contribution in [0.1, 0.15) is 32.8 Å². The van der Waals surface area contributed by atoms with Crippen LogP contribution in [0.2, 0.25) is 0 Å². The van der Waals surface area contributed by atoms with Gasteiger partial charge in [0, 0.05) is 39.3 Å². The molecule has 2 rings (SSSR count). The second-order valence-electron chi connectivity index (χ2n) is 7.45. The molecule has 1 saturated heterocycles. The Bertz CT molecular complexity index is 721. The van der Waals surface area contributed by atoms with Gasteiger partial charge >= 0.3 is 0 Å². The van der Waals surface area contributed by atoms with Gasteiger partial charge in [-0.3, -0.25) is 4.99 Å². The summed E-state index contributed by atoms with van der Waals surface area (Å²) in [5.74, 6) is 0.916. The fourth-order valence-corrected chi connectivity index (χ4v) is 4.52. The minimum Gasteiger partial charge on any atom is -0.378 e. The van der Waals surface area contributed by atoms with E-state index in [-0.39, 0.29) is 42.4 Å². The molecule has 9 heteroatoms. The number of aryl methyl sites for hydroxylation is 1. The highest BCUT2D eigenvalue weighted by Crippen LogP contribution is 2.09. The van der Waals surface area contributed by atoms with Crippen LogP contribution in [0.15, 0.2) is 35.3 Å². The van der Waals surface area contributed by atoms with E-state index in [0.717, 1.165) is 31.9 Å². The van der Waals surface area contributed by atoms with Crippen LogP contribution in [0.25, 0.3) is 0 Å². The SMILES string of the molecule is CCNC(=NCCCc1ccccc1)N1CCN(S(=O)(=O)CCOC(C)C)CC1.I. The molecule has 0 atom stereocenters. The van der Waals surface area contributed by atoms with Gasteiger partial charge < -0.3 is 15.0 Å². The van der Waals surface area contributed by atoms with Gasteiger partial charge in [0.2, 0.25) is 10.0 Å². The molecule has 1 fully saturated rings. The highest BCUT2D eigenvalue weighted by molar-refractivity contribution is 14.0. The number of sulfonamides is 1. The number of hydrogen-bond acceptors (Lipinski definition) is 4. The van der Waals surface area contributed by atoms with Crippen molar-refractivity contribution in [3.8, 4) is 0 Å². The van der Waals surface area contributed by atoms with Crippen LogP contribution in [-0.2, 0) is 21.2 Å². The minimum absolute atomic E-state index is 0. The average molecular weight is 553 g/mol. The highest BCUT2D eigenvalue weighted by Gasteiger charge is 2.27. The van der Waals surface area contributed by atoms with E-state index in [9.17, 15) is 8.42 Å². The van der Waals surface area contributed by atoms with Gasteiger partial charge in [0.15, 0.2) is 5.96 Å². The summed E-state index contributed by atoms with van der Waals surface area (Å²) in [7, 11) is -3.27. The fraction of sp³-hybridized carbons (Fsp3) is 0.667. The van der Waals surface area contributed by atoms with Crippen molar-refractivity contribution in [1.82, 2.24) is 14.5 Å². The molecule has 0 radical (unpaired) electrons. The second kappa shape index (κ2) is 14.2. The molecule has 0 bridgehead atoms. The Balaban J connectivity index is 0.00000450. The summed E-state index contributed by atoms with van der Waals surface area (Å²) in [4.78, 5) is 6.91. The van der Waals surface area contributed by atoms with E-state index >= 15 is 0 Å². The average Bonchev–Trinajstić information content (AvgIpc) is 2.71. The first-order chi connectivity index (χ1) is 13.9. The molecular formula is C21H37IN4O3S. The molecule has 0 unspecified atom stereocenters. The molecule has 172 valence electrons. The maximum Gasteiger partial charge on any atom is 0.216 e. The van der Waals surface area contributed by atoms with Crippen molar-refractivity contribution in [2.75, 3.05) is 51.6 Å². The van der Waals surface area contributed by atoms with Crippen LogP contribution in [-0.4, -0.2) is 81.3 Å². The summed E-state index contributed by atoms with van der Waals surface area (Å²) in [6.07, 6.45) is 2.04. The predicted molar refractivity (Wildman–Crippen MR) is 134 cm³/mol. The first-order valence-corrected chi connectivity index (χ1v) is 12.2. The van der Waals surface area contributed by atoms with Crippen molar-refractivity contribution in [3.63, 3.8) is 0 Å². The molecule has 1 aromatic rings. The molecule has 1 aromatic carbocycles. The summed E-state index contributed by atoms with van der Waals surface area (Å²) < 4.78 is 32.0. The molecule has 7 nitrogen and oxygen atoms in total. The number of nitrogens with zero attached hydrogens (tertiary/aromatic N) is 3. The molecule has 0 saturated carbocycles. The van der Waals surface area contributed by atoms with Gasteiger partial charge in [-0.2, -0.15) is 4.31 Å². The Morgan fingerprint density at radius 1 is 1.17 bits per heavy atom. The van der Waals surface area contributed by atoms with E-state index in [1.54, 1.807) is 4.31 Å². The van der Waals surface area contributed by atoms with Crippen molar-refractivity contribution >= 4 is 40.0 Å². The van der Waals surface area contributed by atoms with E-state index in [1.165, 1.54) is 5.56 Å². The topological polar surface area (TPSA) is 74.2 Å². The third-order valence-corrected chi connectivity index (χ3v) is 6.62. The zero-order valence-corrected chi connectivity index (χ0v) is 21.6. The van der Waals surface area contributed by atoms with Gasteiger partial charge in [0.1, 0.15) is 0 Å². The number of ether oxygens (including phenoxy) is 1. The van der Waals surface area contributed by atoms with Gasteiger partial charge in [-0.25, -0.2) is 8.42 Å². The lowest BCUT2D eigenvalue weighted by Gasteiger charge is -2.36. The Morgan fingerprint density at radius 3 is 2.43 bits per heavy atom. The zero-order chi connectivity index (χ0) is 21.1. The Kier molecular flexibility index (Phi) is 12.8. The third-order valence-electron chi connectivity index (χ3n) is 4.79. The van der Waals surface area contributed by atoms with Crippen molar-refractivity contribution in [3.05, 3.63) is 35.9 Å². The van der Waals surface area contributed by atoms with E-state index in [2.05, 4.69) is 41.4 Å². The van der Waals surface area contributed by atoms with Crippen molar-refractivity contribution < 1.29 is 13.2 Å². The van der Waals surface area contributed by atoms with Gasteiger partial charge in [-0.15, -0.1) is 24.0 Å². The van der Waals surface area contributed by atoms with Crippen LogP contribution in [0, 0.1) is 0 Å². The van der Waals surface area contributed by atoms with Crippen LogP contribution < -0.4 is 5.32 Å². The van der Waals surface area contributed by atoms with E-state index < -0.39 is 10.0 Å². The highest BCUT2D eigenvalue weighted by atomic mass is 127. The first kappa shape index (κ1) is 27.1. The summed E-state index contributed by atoms with van der Waals surface area (Å²) in [6.45, 7) is 9.92. The van der Waals surface area contributed by atoms with Crippen LogP contribution >= 0.6 is 24.0 Å². The molecule has 0 aromatic heterocycles. The van der Waals surface area contributed by atoms with E-state index in [1.807, 2.05) is 19.9 Å². The fourth-order valence-electron chi connectivity index (χ4n) is 3.23. The summed E-state index contributed by atoms with van der Waals surface area (Å²) >= 11 is 0. The van der Waals surface area contributed by atoms with Crippen molar-refractivity contribution in [2.45, 2.75) is 39.7 Å². The molecule has 0 aliphatic carbocycles. The third kappa shape index (κ3) is 9.49. The second-order valence-corrected chi connectivity index (χ2v) is 9.53. The molecule has 30 heavy (non-hydrogen) atoms. The smallest absolute Gasteiger partial charge is 0.216 e. The van der Waals surface area contributed by atoms with E-state index in [4.69, 9.17) is 9.73 Å². The number of nitrogens with one attached hydrogen (secondary N) is 1. The molecule has 1 aliphatic heterocycles. The number of halogens is 1. The lowest BCUT2D eigenvalue weighted by molar-refractivity contribution is 0.0904. The molecule has 1 aliphatic rings.